The molecule has 0 radical (unpaired) electrons. The molecule has 6 heteroatoms. The number of benzene rings is 1. The zero-order valence-electron chi connectivity index (χ0n) is 11.0. The number of carbonyl (C=O) groups is 1. The number of urea groups is 1. The summed E-state index contributed by atoms with van der Waals surface area (Å²) in [6.45, 7) is 0.641. The van der Waals surface area contributed by atoms with Crippen LogP contribution in [0.2, 0.25) is 0 Å². The van der Waals surface area contributed by atoms with Gasteiger partial charge in [-0.05, 0) is 52.3 Å². The van der Waals surface area contributed by atoms with E-state index >= 15 is 0 Å². The maximum Gasteiger partial charge on any atom is 0.318 e. The van der Waals surface area contributed by atoms with Crippen LogP contribution in [0, 0.1) is 0 Å². The lowest BCUT2D eigenvalue weighted by atomic mass is 10.2. The number of nitrogens with zero attached hydrogens (tertiary/aromatic N) is 1. The molecule has 2 aromatic rings. The van der Waals surface area contributed by atoms with Crippen molar-refractivity contribution in [2.75, 3.05) is 17.7 Å². The number of anilines is 2. The maximum atomic E-state index is 11.2. The quantitative estimate of drug-likeness (QED) is 0.752. The molecule has 0 aliphatic rings. The largest absolute Gasteiger partial charge is 0.379 e. The van der Waals surface area contributed by atoms with Gasteiger partial charge in [0, 0.05) is 18.4 Å². The Morgan fingerprint density at radius 3 is 2.50 bits per heavy atom. The highest BCUT2D eigenvalue weighted by Gasteiger charge is 1.99. The summed E-state index contributed by atoms with van der Waals surface area (Å²) in [7, 11) is 1.58. The number of aromatic nitrogens is 1. The second kappa shape index (κ2) is 6.91. The van der Waals surface area contributed by atoms with Crippen molar-refractivity contribution in [3.63, 3.8) is 0 Å². The lowest BCUT2D eigenvalue weighted by Crippen LogP contribution is -2.24. The fourth-order valence-electron chi connectivity index (χ4n) is 1.61. The van der Waals surface area contributed by atoms with E-state index in [0.29, 0.717) is 6.54 Å². The minimum absolute atomic E-state index is 0.232. The first-order valence-corrected chi connectivity index (χ1v) is 6.91. The van der Waals surface area contributed by atoms with E-state index in [2.05, 4.69) is 36.9 Å². The third kappa shape index (κ3) is 4.24. The summed E-state index contributed by atoms with van der Waals surface area (Å²) in [5, 5.41) is 8.48. The second-order valence-electron chi connectivity index (χ2n) is 4.09. The van der Waals surface area contributed by atoms with Crippen LogP contribution in [-0.4, -0.2) is 18.1 Å². The van der Waals surface area contributed by atoms with E-state index < -0.39 is 0 Å². The molecule has 1 aromatic carbocycles. The van der Waals surface area contributed by atoms with E-state index in [-0.39, 0.29) is 6.03 Å². The van der Waals surface area contributed by atoms with Crippen molar-refractivity contribution >= 4 is 33.3 Å². The highest BCUT2D eigenvalue weighted by molar-refractivity contribution is 9.10. The minimum atomic E-state index is -0.232. The van der Waals surface area contributed by atoms with Gasteiger partial charge in [-0.25, -0.2) is 9.78 Å². The predicted molar refractivity (Wildman–Crippen MR) is 83.8 cm³/mol. The Bertz CT molecular complexity index is 586. The molecule has 1 heterocycles. The van der Waals surface area contributed by atoms with Gasteiger partial charge in [-0.1, -0.05) is 6.07 Å². The second-order valence-corrected chi connectivity index (χ2v) is 4.90. The molecule has 20 heavy (non-hydrogen) atoms. The molecule has 1 aromatic heterocycles. The summed E-state index contributed by atoms with van der Waals surface area (Å²) in [6.07, 6.45) is 0. The van der Waals surface area contributed by atoms with Gasteiger partial charge in [0.2, 0.25) is 0 Å². The van der Waals surface area contributed by atoms with Crippen LogP contribution in [0.1, 0.15) is 5.69 Å². The Kier molecular flexibility index (Phi) is 4.95. The van der Waals surface area contributed by atoms with E-state index in [1.165, 1.54) is 0 Å². The van der Waals surface area contributed by atoms with Gasteiger partial charge >= 0.3 is 6.03 Å². The van der Waals surface area contributed by atoms with Gasteiger partial charge in [-0.15, -0.1) is 0 Å². The number of amides is 2. The molecule has 0 bridgehead atoms. The van der Waals surface area contributed by atoms with Gasteiger partial charge in [0.05, 0.1) is 12.2 Å². The average molecular weight is 335 g/mol. The molecule has 2 amide bonds. The lowest BCUT2D eigenvalue weighted by molar-refractivity contribution is 0.254. The van der Waals surface area contributed by atoms with Crippen molar-refractivity contribution in [1.82, 2.24) is 10.3 Å². The molecule has 0 unspecified atom stereocenters. The number of halogens is 1. The SMILES string of the molecule is CNC(=O)Nc1ccc(NCc2cccc(Br)n2)cc1. The number of nitrogens with one attached hydrogen (secondary N) is 3. The highest BCUT2D eigenvalue weighted by atomic mass is 79.9. The smallest absolute Gasteiger partial charge is 0.318 e. The summed E-state index contributed by atoms with van der Waals surface area (Å²) >= 11 is 3.34. The van der Waals surface area contributed by atoms with Crippen molar-refractivity contribution < 1.29 is 4.79 Å². The van der Waals surface area contributed by atoms with Crippen LogP contribution in [0.4, 0.5) is 16.2 Å². The molecule has 2 rings (SSSR count). The van der Waals surface area contributed by atoms with Crippen molar-refractivity contribution in [2.24, 2.45) is 0 Å². The van der Waals surface area contributed by atoms with Crippen molar-refractivity contribution in [1.29, 1.82) is 0 Å². The Balaban J connectivity index is 1.92. The Hall–Kier alpha value is -2.08. The molecule has 0 aliphatic carbocycles. The lowest BCUT2D eigenvalue weighted by Gasteiger charge is -2.08. The first-order chi connectivity index (χ1) is 9.67. The molecular formula is C14H15BrN4O. The zero-order chi connectivity index (χ0) is 14.4. The third-order valence-corrected chi connectivity index (χ3v) is 3.06. The third-order valence-electron chi connectivity index (χ3n) is 2.62. The fraction of sp³-hybridized carbons (Fsp3) is 0.143. The number of hydrogen-bond acceptors (Lipinski definition) is 3. The Morgan fingerprint density at radius 1 is 1.15 bits per heavy atom. The van der Waals surface area contributed by atoms with E-state index in [1.807, 2.05) is 42.5 Å². The van der Waals surface area contributed by atoms with Crippen LogP contribution in [0.5, 0.6) is 0 Å². The molecule has 0 aliphatic heterocycles. The Morgan fingerprint density at radius 2 is 1.85 bits per heavy atom. The number of carbonyl (C=O) groups excluding carboxylic acids is 1. The monoisotopic (exact) mass is 334 g/mol. The number of pyridine rings is 1. The van der Waals surface area contributed by atoms with Crippen LogP contribution in [0.3, 0.4) is 0 Å². The molecule has 104 valence electrons. The van der Waals surface area contributed by atoms with Crippen LogP contribution < -0.4 is 16.0 Å². The van der Waals surface area contributed by atoms with Gasteiger partial charge in [-0.2, -0.15) is 0 Å². The summed E-state index contributed by atoms with van der Waals surface area (Å²) < 4.78 is 0.821. The number of hydrogen-bond donors (Lipinski definition) is 3. The standard InChI is InChI=1S/C14H15BrN4O/c1-16-14(20)19-11-7-5-10(6-8-11)17-9-12-3-2-4-13(15)18-12/h2-8,17H,9H2,1H3,(H2,16,19,20). The van der Waals surface area contributed by atoms with Gasteiger partial charge in [0.15, 0.2) is 0 Å². The van der Waals surface area contributed by atoms with Gasteiger partial charge in [-0.3, -0.25) is 0 Å². The molecule has 3 N–H and O–H groups in total. The molecule has 5 nitrogen and oxygen atoms in total. The van der Waals surface area contributed by atoms with Gasteiger partial charge in [0.25, 0.3) is 0 Å². The van der Waals surface area contributed by atoms with Gasteiger partial charge in [0.1, 0.15) is 4.60 Å². The van der Waals surface area contributed by atoms with E-state index in [1.54, 1.807) is 7.05 Å². The van der Waals surface area contributed by atoms with Crippen molar-refractivity contribution in [2.45, 2.75) is 6.54 Å². The first-order valence-electron chi connectivity index (χ1n) is 6.11. The van der Waals surface area contributed by atoms with E-state index in [0.717, 1.165) is 21.7 Å². The first kappa shape index (κ1) is 14.3. The number of rotatable bonds is 4. The molecule has 0 saturated heterocycles. The molecule has 0 fully saturated rings. The van der Waals surface area contributed by atoms with Crippen molar-refractivity contribution in [3.05, 3.63) is 52.8 Å². The summed E-state index contributed by atoms with van der Waals surface area (Å²) in [4.78, 5) is 15.5. The van der Waals surface area contributed by atoms with Crippen LogP contribution >= 0.6 is 15.9 Å². The normalized spacial score (nSPS) is 9.90. The van der Waals surface area contributed by atoms with Crippen molar-refractivity contribution in [3.8, 4) is 0 Å². The van der Waals surface area contributed by atoms with Gasteiger partial charge < -0.3 is 16.0 Å². The van der Waals surface area contributed by atoms with Crippen LogP contribution in [-0.2, 0) is 6.54 Å². The summed E-state index contributed by atoms with van der Waals surface area (Å²) in [5.74, 6) is 0. The molecule has 0 atom stereocenters. The van der Waals surface area contributed by atoms with Crippen LogP contribution in [0.25, 0.3) is 0 Å². The minimum Gasteiger partial charge on any atom is -0.379 e. The topological polar surface area (TPSA) is 66.1 Å². The fourth-order valence-corrected chi connectivity index (χ4v) is 1.99. The molecule has 0 saturated carbocycles. The predicted octanol–water partition coefficient (Wildman–Crippen LogP) is 3.21. The van der Waals surface area contributed by atoms with E-state index in [4.69, 9.17) is 0 Å². The van der Waals surface area contributed by atoms with Crippen LogP contribution in [0.15, 0.2) is 47.1 Å². The zero-order valence-corrected chi connectivity index (χ0v) is 12.6. The molecule has 0 spiro atoms. The Labute approximate surface area is 125 Å². The maximum absolute atomic E-state index is 11.2. The highest BCUT2D eigenvalue weighted by Crippen LogP contribution is 2.14. The average Bonchev–Trinajstić information content (AvgIpc) is 2.46. The van der Waals surface area contributed by atoms with E-state index in [9.17, 15) is 4.79 Å². The summed E-state index contributed by atoms with van der Waals surface area (Å²) in [5.41, 5.74) is 2.66. The molecular weight excluding hydrogens is 320 g/mol. The summed E-state index contributed by atoms with van der Waals surface area (Å²) in [6, 6.07) is 13.1.